The summed E-state index contributed by atoms with van der Waals surface area (Å²) in [6, 6.07) is 0. The van der Waals surface area contributed by atoms with Crippen molar-refractivity contribution in [3.8, 4) is 0 Å². The molecule has 0 saturated heterocycles. The second-order valence-electron chi connectivity index (χ2n) is 3.60. The molecule has 0 fully saturated rings. The van der Waals surface area contributed by atoms with Crippen molar-refractivity contribution < 1.29 is 4.57 Å². The van der Waals surface area contributed by atoms with Gasteiger partial charge in [0.2, 0.25) is 5.52 Å². The molecule has 2 aromatic heterocycles. The SMILES string of the molecule is C=CCn1c[n+](CC=C)c2[nH]c(=O)[nH]c(=O)c21. The van der Waals surface area contributed by atoms with Crippen molar-refractivity contribution in [3.05, 3.63) is 52.5 Å². The van der Waals surface area contributed by atoms with Crippen LogP contribution in [0, 0.1) is 0 Å². The molecule has 2 aromatic rings. The molecule has 6 heteroatoms. The second kappa shape index (κ2) is 4.25. The van der Waals surface area contributed by atoms with Crippen LogP contribution in [0.1, 0.15) is 0 Å². The molecule has 0 spiro atoms. The maximum absolute atomic E-state index is 11.7. The van der Waals surface area contributed by atoms with E-state index in [9.17, 15) is 9.59 Å². The summed E-state index contributed by atoms with van der Waals surface area (Å²) in [7, 11) is 0. The first-order valence-corrected chi connectivity index (χ1v) is 5.14. The fourth-order valence-corrected chi connectivity index (χ4v) is 1.78. The van der Waals surface area contributed by atoms with E-state index in [0.29, 0.717) is 24.3 Å². The Bertz CT molecular complexity index is 690. The average Bonchev–Trinajstić information content (AvgIpc) is 2.58. The molecule has 0 saturated carbocycles. The van der Waals surface area contributed by atoms with Gasteiger partial charge >= 0.3 is 5.69 Å². The van der Waals surface area contributed by atoms with E-state index in [-0.39, 0.29) is 0 Å². The molecule has 0 bridgehead atoms. The van der Waals surface area contributed by atoms with E-state index >= 15 is 0 Å². The normalized spacial score (nSPS) is 10.6. The Kier molecular flexibility index (Phi) is 2.78. The van der Waals surface area contributed by atoms with Gasteiger partial charge in [0.15, 0.2) is 6.33 Å². The van der Waals surface area contributed by atoms with Gasteiger partial charge in [-0.05, 0) is 0 Å². The van der Waals surface area contributed by atoms with Crippen molar-refractivity contribution in [2.45, 2.75) is 13.1 Å². The van der Waals surface area contributed by atoms with E-state index in [2.05, 4.69) is 23.1 Å². The molecule has 2 N–H and O–H groups in total. The van der Waals surface area contributed by atoms with E-state index in [1.54, 1.807) is 27.6 Å². The van der Waals surface area contributed by atoms with Crippen molar-refractivity contribution in [2.75, 3.05) is 0 Å². The first-order chi connectivity index (χ1) is 8.17. The van der Waals surface area contributed by atoms with E-state index in [0.717, 1.165) is 0 Å². The Labute approximate surface area is 96.5 Å². The summed E-state index contributed by atoms with van der Waals surface area (Å²) in [6.45, 7) is 8.28. The maximum atomic E-state index is 11.7. The Morgan fingerprint density at radius 2 is 2.06 bits per heavy atom. The van der Waals surface area contributed by atoms with Crippen molar-refractivity contribution in [1.29, 1.82) is 0 Å². The number of aromatic amines is 2. The van der Waals surface area contributed by atoms with Crippen LogP contribution in [0.25, 0.3) is 11.2 Å². The van der Waals surface area contributed by atoms with Gasteiger partial charge in [0, 0.05) is 0 Å². The van der Waals surface area contributed by atoms with Crippen LogP contribution in [0.2, 0.25) is 0 Å². The number of imidazole rings is 1. The lowest BCUT2D eigenvalue weighted by atomic mass is 10.5. The lowest BCUT2D eigenvalue weighted by Gasteiger charge is -1.90. The molecule has 2 heterocycles. The number of nitrogens with zero attached hydrogens (tertiary/aromatic N) is 2. The minimum absolute atomic E-state index is 0.409. The first kappa shape index (κ1) is 11.1. The standard InChI is InChI=1S/C11H12N4O2/c1-3-5-14-7-15(6-4-2)9-8(14)10(16)13-11(17)12-9/h3-4,7H,1-2,5-6H2,(H-,12,13,16,17)/p+1. The van der Waals surface area contributed by atoms with Crippen LogP contribution in [0.3, 0.4) is 0 Å². The monoisotopic (exact) mass is 233 g/mol. The third kappa shape index (κ3) is 1.84. The van der Waals surface area contributed by atoms with Gasteiger partial charge in [-0.15, -0.1) is 0 Å². The summed E-state index contributed by atoms with van der Waals surface area (Å²) < 4.78 is 3.48. The molecular formula is C11H13N4O2+. The van der Waals surface area contributed by atoms with Gasteiger partial charge in [0.1, 0.15) is 0 Å². The molecule has 17 heavy (non-hydrogen) atoms. The average molecular weight is 233 g/mol. The highest BCUT2D eigenvalue weighted by atomic mass is 16.2. The topological polar surface area (TPSA) is 74.5 Å². The molecule has 0 aliphatic carbocycles. The quantitative estimate of drug-likeness (QED) is 0.561. The Morgan fingerprint density at radius 3 is 2.71 bits per heavy atom. The summed E-state index contributed by atoms with van der Waals surface area (Å²) >= 11 is 0. The van der Waals surface area contributed by atoms with Crippen LogP contribution in [-0.2, 0) is 13.1 Å². The minimum atomic E-state index is -0.517. The molecule has 0 aliphatic heterocycles. The van der Waals surface area contributed by atoms with Crippen molar-refractivity contribution in [1.82, 2.24) is 14.5 Å². The van der Waals surface area contributed by atoms with Gasteiger partial charge in [-0.2, -0.15) is 0 Å². The van der Waals surface area contributed by atoms with Crippen LogP contribution in [0.15, 0.2) is 41.2 Å². The minimum Gasteiger partial charge on any atom is -0.265 e. The number of nitrogens with one attached hydrogen (secondary N) is 2. The second-order valence-corrected chi connectivity index (χ2v) is 3.60. The highest BCUT2D eigenvalue weighted by Gasteiger charge is 2.17. The number of allylic oxidation sites excluding steroid dienone is 2. The lowest BCUT2D eigenvalue weighted by Crippen LogP contribution is -2.34. The Hall–Kier alpha value is -2.37. The predicted molar refractivity (Wildman–Crippen MR) is 63.8 cm³/mol. The van der Waals surface area contributed by atoms with Crippen molar-refractivity contribution in [2.24, 2.45) is 0 Å². The summed E-state index contributed by atoms with van der Waals surface area (Å²) in [4.78, 5) is 27.8. The third-order valence-corrected chi connectivity index (χ3v) is 2.40. The predicted octanol–water partition coefficient (Wildman–Crippen LogP) is -0.323. The molecule has 6 nitrogen and oxygen atoms in total. The van der Waals surface area contributed by atoms with Crippen LogP contribution in [-0.4, -0.2) is 14.5 Å². The number of hydrogen-bond donors (Lipinski definition) is 2. The van der Waals surface area contributed by atoms with Crippen molar-refractivity contribution in [3.63, 3.8) is 0 Å². The number of rotatable bonds is 4. The zero-order valence-corrected chi connectivity index (χ0v) is 9.27. The fourth-order valence-electron chi connectivity index (χ4n) is 1.78. The van der Waals surface area contributed by atoms with E-state index in [4.69, 9.17) is 0 Å². The Morgan fingerprint density at radius 1 is 1.29 bits per heavy atom. The molecule has 0 radical (unpaired) electrons. The highest BCUT2D eigenvalue weighted by Crippen LogP contribution is 2.01. The molecule has 88 valence electrons. The third-order valence-electron chi connectivity index (χ3n) is 2.40. The molecular weight excluding hydrogens is 220 g/mol. The van der Waals surface area contributed by atoms with Crippen LogP contribution >= 0.6 is 0 Å². The summed E-state index contributed by atoms with van der Waals surface area (Å²) in [5, 5.41) is 0. The van der Waals surface area contributed by atoms with Gasteiger partial charge in [-0.25, -0.2) is 14.3 Å². The van der Waals surface area contributed by atoms with Gasteiger partial charge in [-0.1, -0.05) is 25.3 Å². The highest BCUT2D eigenvalue weighted by molar-refractivity contribution is 5.65. The number of aromatic nitrogens is 4. The summed E-state index contributed by atoms with van der Waals surface area (Å²) in [5.74, 6) is 0. The van der Waals surface area contributed by atoms with Crippen LogP contribution in [0.5, 0.6) is 0 Å². The van der Waals surface area contributed by atoms with E-state index in [1.165, 1.54) is 0 Å². The zero-order valence-electron chi connectivity index (χ0n) is 9.27. The van der Waals surface area contributed by atoms with Gasteiger partial charge in [0.05, 0.1) is 13.1 Å². The molecule has 0 amide bonds. The van der Waals surface area contributed by atoms with Crippen LogP contribution < -0.4 is 15.8 Å². The van der Waals surface area contributed by atoms with Gasteiger partial charge < -0.3 is 0 Å². The molecule has 2 rings (SSSR count). The Balaban J connectivity index is 2.85. The fraction of sp³-hybridized carbons (Fsp3) is 0.182. The molecule has 0 aliphatic rings. The number of hydrogen-bond acceptors (Lipinski definition) is 2. The zero-order chi connectivity index (χ0) is 12.4. The van der Waals surface area contributed by atoms with E-state index < -0.39 is 11.2 Å². The van der Waals surface area contributed by atoms with E-state index in [1.807, 2.05) is 0 Å². The van der Waals surface area contributed by atoms with Crippen LogP contribution in [0.4, 0.5) is 0 Å². The number of H-pyrrole nitrogens is 2. The molecule has 0 atom stereocenters. The maximum Gasteiger partial charge on any atom is 0.384 e. The van der Waals surface area contributed by atoms with Gasteiger partial charge in [0.25, 0.3) is 11.2 Å². The molecule has 0 unspecified atom stereocenters. The lowest BCUT2D eigenvalue weighted by molar-refractivity contribution is -0.663. The smallest absolute Gasteiger partial charge is 0.265 e. The summed E-state index contributed by atoms with van der Waals surface area (Å²) in [6.07, 6.45) is 5.12. The summed E-state index contributed by atoms with van der Waals surface area (Å²) in [5.41, 5.74) is -0.0167. The molecule has 0 aromatic carbocycles. The number of fused-ring (bicyclic) bond motifs is 1. The first-order valence-electron chi connectivity index (χ1n) is 5.14. The van der Waals surface area contributed by atoms with Crippen molar-refractivity contribution >= 4 is 11.2 Å². The largest absolute Gasteiger partial charge is 0.384 e. The van der Waals surface area contributed by atoms with Gasteiger partial charge in [-0.3, -0.25) is 14.3 Å².